The van der Waals surface area contributed by atoms with Gasteiger partial charge in [0.25, 0.3) is 0 Å². The summed E-state index contributed by atoms with van der Waals surface area (Å²) in [5.74, 6) is 2.02. The van der Waals surface area contributed by atoms with Crippen molar-refractivity contribution in [3.05, 3.63) is 30.1 Å². The highest BCUT2D eigenvalue weighted by Crippen LogP contribution is 2.23. The van der Waals surface area contributed by atoms with Crippen LogP contribution in [0.5, 0.6) is 0 Å². The van der Waals surface area contributed by atoms with E-state index in [9.17, 15) is 5.11 Å². The highest BCUT2D eigenvalue weighted by atomic mass is 16.3. The second-order valence-electron chi connectivity index (χ2n) is 5.55. The highest BCUT2D eigenvalue weighted by Gasteiger charge is 2.23. The molecule has 8 heteroatoms. The lowest BCUT2D eigenvalue weighted by atomic mass is 10.3. The number of nitrogens with zero attached hydrogens (tertiary/aromatic N) is 5. The summed E-state index contributed by atoms with van der Waals surface area (Å²) in [7, 11) is 0. The van der Waals surface area contributed by atoms with E-state index in [1.165, 1.54) is 0 Å². The van der Waals surface area contributed by atoms with E-state index in [1.54, 1.807) is 4.52 Å². The lowest BCUT2D eigenvalue weighted by Gasteiger charge is -2.16. The number of fused-ring (bicyclic) bond motifs is 1. The van der Waals surface area contributed by atoms with Crippen LogP contribution >= 0.6 is 0 Å². The molecule has 4 heterocycles. The van der Waals surface area contributed by atoms with Crippen molar-refractivity contribution in [2.24, 2.45) is 0 Å². The Hall–Kier alpha value is -2.61. The number of β-amino-alcohol motifs (C(OH)–C–C–N with tert-alkyl or cyclic N) is 1. The monoisotopic (exact) mass is 299 g/mol. The van der Waals surface area contributed by atoms with Crippen LogP contribution in [0, 0.1) is 6.92 Å². The molecule has 1 saturated heterocycles. The fourth-order valence-corrected chi connectivity index (χ4v) is 2.68. The van der Waals surface area contributed by atoms with Gasteiger partial charge in [-0.15, -0.1) is 5.10 Å². The first-order chi connectivity index (χ1) is 10.7. The third-order valence-electron chi connectivity index (χ3n) is 3.78. The largest absolute Gasteiger partial charge is 0.391 e. The third-order valence-corrected chi connectivity index (χ3v) is 3.78. The predicted octanol–water partition coefficient (Wildman–Crippen LogP) is 1.08. The number of H-pyrrole nitrogens is 1. The molecule has 22 heavy (non-hydrogen) atoms. The molecule has 1 aliphatic heterocycles. The van der Waals surface area contributed by atoms with Gasteiger partial charge in [-0.1, -0.05) is 0 Å². The van der Waals surface area contributed by atoms with Crippen LogP contribution in [-0.4, -0.2) is 49.1 Å². The standard InChI is InChI=1S/C14H17N7O/c1-9-7-12(18-17-9)15-13-11-3-2-5-21(11)19-14(16-13)20-6-4-10(22)8-20/h2-3,5,7,10,22H,4,6,8H2,1H3,(H2,15,16,17,18,19)/t10-/m0/s1. The number of aryl methyl sites for hydroxylation is 1. The van der Waals surface area contributed by atoms with Crippen LogP contribution in [0.1, 0.15) is 12.1 Å². The number of aromatic nitrogens is 5. The summed E-state index contributed by atoms with van der Waals surface area (Å²) < 4.78 is 1.79. The summed E-state index contributed by atoms with van der Waals surface area (Å²) in [5.41, 5.74) is 1.86. The maximum Gasteiger partial charge on any atom is 0.245 e. The Bertz CT molecular complexity index is 808. The summed E-state index contributed by atoms with van der Waals surface area (Å²) in [4.78, 5) is 6.60. The lowest BCUT2D eigenvalue weighted by Crippen LogP contribution is -2.24. The van der Waals surface area contributed by atoms with Gasteiger partial charge in [-0.05, 0) is 25.5 Å². The zero-order valence-electron chi connectivity index (χ0n) is 12.2. The Morgan fingerprint density at radius 1 is 1.45 bits per heavy atom. The molecule has 1 aliphatic rings. The Morgan fingerprint density at radius 2 is 2.36 bits per heavy atom. The molecule has 4 rings (SSSR count). The molecule has 0 spiro atoms. The predicted molar refractivity (Wildman–Crippen MR) is 82.4 cm³/mol. The van der Waals surface area contributed by atoms with Crippen molar-refractivity contribution < 1.29 is 5.11 Å². The zero-order valence-corrected chi connectivity index (χ0v) is 12.2. The van der Waals surface area contributed by atoms with Crippen molar-refractivity contribution >= 4 is 23.1 Å². The molecule has 0 bridgehead atoms. The molecule has 0 aliphatic carbocycles. The summed E-state index contributed by atoms with van der Waals surface area (Å²) in [6.45, 7) is 3.27. The van der Waals surface area contributed by atoms with Gasteiger partial charge in [0.15, 0.2) is 11.6 Å². The minimum atomic E-state index is -0.311. The number of aliphatic hydroxyl groups excluding tert-OH is 1. The van der Waals surface area contributed by atoms with Crippen LogP contribution in [0.15, 0.2) is 24.4 Å². The number of nitrogens with one attached hydrogen (secondary N) is 2. The van der Waals surface area contributed by atoms with Gasteiger partial charge in [-0.3, -0.25) is 5.10 Å². The normalized spacial score (nSPS) is 18.3. The first-order valence-electron chi connectivity index (χ1n) is 7.26. The van der Waals surface area contributed by atoms with Gasteiger partial charge in [-0.25, -0.2) is 4.52 Å². The first kappa shape index (κ1) is 13.1. The minimum absolute atomic E-state index is 0.311. The minimum Gasteiger partial charge on any atom is -0.391 e. The van der Waals surface area contributed by atoms with Crippen LogP contribution in [-0.2, 0) is 0 Å². The van der Waals surface area contributed by atoms with E-state index in [2.05, 4.69) is 25.6 Å². The average molecular weight is 299 g/mol. The van der Waals surface area contributed by atoms with Crippen LogP contribution < -0.4 is 10.2 Å². The number of rotatable bonds is 3. The van der Waals surface area contributed by atoms with E-state index in [0.29, 0.717) is 24.1 Å². The fourth-order valence-electron chi connectivity index (χ4n) is 2.68. The Kier molecular flexibility index (Phi) is 2.97. The number of hydrogen-bond donors (Lipinski definition) is 3. The number of anilines is 3. The van der Waals surface area contributed by atoms with Crippen molar-refractivity contribution in [1.82, 2.24) is 24.8 Å². The maximum absolute atomic E-state index is 9.71. The second kappa shape index (κ2) is 4.99. The van der Waals surface area contributed by atoms with Gasteiger partial charge in [-0.2, -0.15) is 10.1 Å². The topological polar surface area (TPSA) is 94.4 Å². The molecule has 114 valence electrons. The summed E-state index contributed by atoms with van der Waals surface area (Å²) in [6.07, 6.45) is 2.32. The van der Waals surface area contributed by atoms with E-state index in [4.69, 9.17) is 0 Å². The highest BCUT2D eigenvalue weighted by molar-refractivity contribution is 5.73. The van der Waals surface area contributed by atoms with Crippen LogP contribution in [0.3, 0.4) is 0 Å². The maximum atomic E-state index is 9.71. The summed E-state index contributed by atoms with van der Waals surface area (Å²) >= 11 is 0. The molecule has 8 nitrogen and oxygen atoms in total. The number of aromatic amines is 1. The molecular formula is C14H17N7O. The van der Waals surface area contributed by atoms with E-state index in [0.717, 1.165) is 24.2 Å². The van der Waals surface area contributed by atoms with Crippen LogP contribution in [0.2, 0.25) is 0 Å². The fraction of sp³-hybridized carbons (Fsp3) is 0.357. The van der Waals surface area contributed by atoms with Gasteiger partial charge in [0.05, 0.1) is 6.10 Å². The smallest absolute Gasteiger partial charge is 0.245 e. The Labute approximate surface area is 126 Å². The SMILES string of the molecule is Cc1cc(Nc2nc(N3CC[C@H](O)C3)nn3cccc23)n[nH]1. The molecule has 1 atom stereocenters. The molecule has 0 unspecified atom stereocenters. The van der Waals surface area contributed by atoms with Crippen molar-refractivity contribution in [1.29, 1.82) is 0 Å². The molecule has 0 amide bonds. The van der Waals surface area contributed by atoms with E-state index < -0.39 is 0 Å². The van der Waals surface area contributed by atoms with Crippen LogP contribution in [0.25, 0.3) is 5.52 Å². The van der Waals surface area contributed by atoms with Gasteiger partial charge in [0.2, 0.25) is 5.95 Å². The van der Waals surface area contributed by atoms with E-state index in [1.807, 2.05) is 36.2 Å². The van der Waals surface area contributed by atoms with Crippen molar-refractivity contribution in [3.63, 3.8) is 0 Å². The van der Waals surface area contributed by atoms with E-state index in [-0.39, 0.29) is 6.10 Å². The molecule has 0 radical (unpaired) electrons. The van der Waals surface area contributed by atoms with Gasteiger partial charge < -0.3 is 15.3 Å². The zero-order chi connectivity index (χ0) is 15.1. The Morgan fingerprint density at radius 3 is 3.09 bits per heavy atom. The molecule has 3 aromatic rings. The quantitative estimate of drug-likeness (QED) is 0.670. The van der Waals surface area contributed by atoms with Gasteiger partial charge in [0, 0.05) is 31.0 Å². The van der Waals surface area contributed by atoms with Crippen molar-refractivity contribution in [3.8, 4) is 0 Å². The first-order valence-corrected chi connectivity index (χ1v) is 7.26. The Balaban J connectivity index is 1.73. The van der Waals surface area contributed by atoms with Gasteiger partial charge in [0.1, 0.15) is 5.52 Å². The van der Waals surface area contributed by atoms with Gasteiger partial charge >= 0.3 is 0 Å². The lowest BCUT2D eigenvalue weighted by molar-refractivity contribution is 0.198. The van der Waals surface area contributed by atoms with Crippen LogP contribution in [0.4, 0.5) is 17.6 Å². The van der Waals surface area contributed by atoms with E-state index >= 15 is 0 Å². The number of aliphatic hydroxyl groups is 1. The number of hydrogen-bond acceptors (Lipinski definition) is 6. The molecule has 1 fully saturated rings. The molecule has 3 aromatic heterocycles. The summed E-state index contributed by atoms with van der Waals surface area (Å²) in [6, 6.07) is 5.79. The molecule has 3 N–H and O–H groups in total. The average Bonchev–Trinajstić information content (AvgIpc) is 3.20. The molecular weight excluding hydrogens is 282 g/mol. The summed E-state index contributed by atoms with van der Waals surface area (Å²) in [5, 5.41) is 24.5. The second-order valence-corrected chi connectivity index (χ2v) is 5.55. The van der Waals surface area contributed by atoms with Crippen molar-refractivity contribution in [2.75, 3.05) is 23.3 Å². The molecule has 0 aromatic carbocycles. The molecule has 0 saturated carbocycles. The third kappa shape index (κ3) is 2.27. The van der Waals surface area contributed by atoms with Crippen molar-refractivity contribution in [2.45, 2.75) is 19.4 Å².